The highest BCUT2D eigenvalue weighted by Gasteiger charge is 2.09. The van der Waals surface area contributed by atoms with Gasteiger partial charge in [0.2, 0.25) is 0 Å². The van der Waals surface area contributed by atoms with Crippen LogP contribution in [0.4, 0.5) is 8.78 Å². The maximum atomic E-state index is 12.5. The van der Waals surface area contributed by atoms with E-state index in [2.05, 4.69) is 20.4 Å². The van der Waals surface area contributed by atoms with Crippen molar-refractivity contribution in [2.45, 2.75) is 19.7 Å². The molecule has 0 aliphatic carbocycles. The maximum absolute atomic E-state index is 12.5. The van der Waals surface area contributed by atoms with Crippen LogP contribution in [0.5, 0.6) is 11.5 Å². The van der Waals surface area contributed by atoms with Crippen molar-refractivity contribution in [1.82, 2.24) is 10.6 Å². The lowest BCUT2D eigenvalue weighted by atomic mass is 10.2. The largest absolute Gasteiger partial charge is 0.484 e. The Morgan fingerprint density at radius 3 is 2.55 bits per heavy atom. The Kier molecular flexibility index (Phi) is 10.7. The normalized spacial score (nSPS) is 10.8. The number of alkyl halides is 2. The van der Waals surface area contributed by atoms with E-state index in [1.165, 1.54) is 6.07 Å². The van der Waals surface area contributed by atoms with Gasteiger partial charge in [0.1, 0.15) is 11.5 Å². The number of rotatable bonds is 9. The standard InChI is InChI=1S/C19H22F2N4O3.HI/c1-23-19(25-11-14-6-2-3-8-16(14)28-18(20)21)24-10-13-5-4-7-15(9-13)27-12-17(22)26;/h2-9,18H,10-12H2,1H3,(H2,22,26)(H2,23,24,25);1H. The Hall–Kier alpha value is -2.63. The summed E-state index contributed by atoms with van der Waals surface area (Å²) in [7, 11) is 1.60. The lowest BCUT2D eigenvalue weighted by Gasteiger charge is -2.15. The molecule has 0 saturated heterocycles. The lowest BCUT2D eigenvalue weighted by molar-refractivity contribution is -0.119. The number of nitrogens with two attached hydrogens (primary N) is 1. The van der Waals surface area contributed by atoms with Gasteiger partial charge in [-0.15, -0.1) is 24.0 Å². The average molecular weight is 520 g/mol. The van der Waals surface area contributed by atoms with Crippen LogP contribution in [0.1, 0.15) is 11.1 Å². The maximum Gasteiger partial charge on any atom is 0.387 e. The van der Waals surface area contributed by atoms with Crippen molar-refractivity contribution in [3.63, 3.8) is 0 Å². The molecule has 0 aliphatic rings. The number of carbonyl (C=O) groups excluding carboxylic acids is 1. The number of ether oxygens (including phenoxy) is 2. The fraction of sp³-hybridized carbons (Fsp3) is 0.263. The van der Waals surface area contributed by atoms with E-state index in [4.69, 9.17) is 10.5 Å². The van der Waals surface area contributed by atoms with E-state index in [9.17, 15) is 13.6 Å². The lowest BCUT2D eigenvalue weighted by Crippen LogP contribution is -2.36. The third-order valence-electron chi connectivity index (χ3n) is 3.60. The van der Waals surface area contributed by atoms with Gasteiger partial charge in [-0.1, -0.05) is 30.3 Å². The molecule has 0 fully saturated rings. The van der Waals surface area contributed by atoms with E-state index in [1.807, 2.05) is 6.07 Å². The summed E-state index contributed by atoms with van der Waals surface area (Å²) in [5.74, 6) is 0.568. The summed E-state index contributed by atoms with van der Waals surface area (Å²) in [6, 6.07) is 13.7. The van der Waals surface area contributed by atoms with Gasteiger partial charge in [0.15, 0.2) is 12.6 Å². The molecule has 10 heteroatoms. The number of hydrogen-bond donors (Lipinski definition) is 3. The number of nitrogens with zero attached hydrogens (tertiary/aromatic N) is 1. The number of halogens is 3. The summed E-state index contributed by atoms with van der Waals surface area (Å²) in [5.41, 5.74) is 6.53. The summed E-state index contributed by atoms with van der Waals surface area (Å²) in [5, 5.41) is 6.16. The van der Waals surface area contributed by atoms with Crippen LogP contribution >= 0.6 is 24.0 Å². The molecule has 2 aromatic rings. The Labute approximate surface area is 184 Å². The monoisotopic (exact) mass is 520 g/mol. The second kappa shape index (κ2) is 12.8. The molecule has 0 saturated carbocycles. The van der Waals surface area contributed by atoms with Crippen LogP contribution in [0.2, 0.25) is 0 Å². The highest BCUT2D eigenvalue weighted by molar-refractivity contribution is 14.0. The van der Waals surface area contributed by atoms with Crippen LogP contribution in [0.15, 0.2) is 53.5 Å². The number of carbonyl (C=O) groups is 1. The van der Waals surface area contributed by atoms with Crippen molar-refractivity contribution in [3.05, 3.63) is 59.7 Å². The van der Waals surface area contributed by atoms with E-state index >= 15 is 0 Å². The first-order valence-corrected chi connectivity index (χ1v) is 8.45. The van der Waals surface area contributed by atoms with Crippen LogP contribution in [0, 0.1) is 0 Å². The molecule has 158 valence electrons. The molecule has 0 spiro atoms. The van der Waals surface area contributed by atoms with Crippen LogP contribution < -0.4 is 25.8 Å². The van der Waals surface area contributed by atoms with Gasteiger partial charge >= 0.3 is 6.61 Å². The van der Waals surface area contributed by atoms with Gasteiger partial charge in [0.25, 0.3) is 5.91 Å². The number of hydrogen-bond acceptors (Lipinski definition) is 4. The average Bonchev–Trinajstić information content (AvgIpc) is 2.67. The third kappa shape index (κ3) is 8.94. The Balaban J connectivity index is 0.00000420. The van der Waals surface area contributed by atoms with E-state index in [0.717, 1.165) is 5.56 Å². The SMILES string of the molecule is CN=C(NCc1cccc(OCC(N)=O)c1)NCc1ccccc1OC(F)F.I. The molecule has 7 nitrogen and oxygen atoms in total. The van der Waals surface area contributed by atoms with Crippen molar-refractivity contribution < 1.29 is 23.0 Å². The highest BCUT2D eigenvalue weighted by Crippen LogP contribution is 2.20. The Bertz CT molecular complexity index is 822. The van der Waals surface area contributed by atoms with Gasteiger partial charge in [-0.05, 0) is 23.8 Å². The van der Waals surface area contributed by atoms with Gasteiger partial charge in [-0.3, -0.25) is 9.79 Å². The number of aliphatic imine (C=N–C) groups is 1. The van der Waals surface area contributed by atoms with E-state index < -0.39 is 12.5 Å². The Morgan fingerprint density at radius 2 is 1.86 bits per heavy atom. The second-order valence-corrected chi connectivity index (χ2v) is 5.67. The van der Waals surface area contributed by atoms with Crippen LogP contribution in [-0.4, -0.2) is 32.1 Å². The van der Waals surface area contributed by atoms with E-state index in [1.54, 1.807) is 43.4 Å². The molecule has 0 heterocycles. The van der Waals surface area contributed by atoms with Crippen molar-refractivity contribution in [2.75, 3.05) is 13.7 Å². The summed E-state index contributed by atoms with van der Waals surface area (Å²) >= 11 is 0. The summed E-state index contributed by atoms with van der Waals surface area (Å²) in [6.07, 6.45) is 0. The zero-order valence-corrected chi connectivity index (χ0v) is 18.1. The van der Waals surface area contributed by atoms with Gasteiger partial charge < -0.3 is 25.8 Å². The van der Waals surface area contributed by atoms with Gasteiger partial charge in [-0.25, -0.2) is 0 Å². The second-order valence-electron chi connectivity index (χ2n) is 5.67. The van der Waals surface area contributed by atoms with Crippen molar-refractivity contribution in [3.8, 4) is 11.5 Å². The minimum atomic E-state index is -2.89. The molecule has 0 atom stereocenters. The molecule has 0 aliphatic heterocycles. The molecular formula is C19H23F2IN4O3. The quantitative estimate of drug-likeness (QED) is 0.269. The molecular weight excluding hydrogens is 497 g/mol. The Morgan fingerprint density at radius 1 is 1.14 bits per heavy atom. The number of primary amides is 1. The number of amides is 1. The fourth-order valence-electron chi connectivity index (χ4n) is 2.35. The minimum Gasteiger partial charge on any atom is -0.484 e. The molecule has 0 unspecified atom stereocenters. The summed E-state index contributed by atoms with van der Waals surface area (Å²) in [6.45, 7) is -2.39. The van der Waals surface area contributed by atoms with Crippen LogP contribution in [0.25, 0.3) is 0 Å². The van der Waals surface area contributed by atoms with Crippen LogP contribution in [-0.2, 0) is 17.9 Å². The van der Waals surface area contributed by atoms with Crippen LogP contribution in [0.3, 0.4) is 0 Å². The molecule has 0 radical (unpaired) electrons. The highest BCUT2D eigenvalue weighted by atomic mass is 127. The predicted molar refractivity (Wildman–Crippen MR) is 117 cm³/mol. The van der Waals surface area contributed by atoms with Gasteiger partial charge in [0, 0.05) is 25.7 Å². The molecule has 0 bridgehead atoms. The minimum absolute atomic E-state index is 0. The molecule has 29 heavy (non-hydrogen) atoms. The molecule has 1 amide bonds. The molecule has 4 N–H and O–H groups in total. The topological polar surface area (TPSA) is 98.0 Å². The number of guanidine groups is 1. The molecule has 2 aromatic carbocycles. The predicted octanol–water partition coefficient (Wildman–Crippen LogP) is 2.64. The molecule has 0 aromatic heterocycles. The summed E-state index contributed by atoms with van der Waals surface area (Å²) < 4.78 is 34.8. The van der Waals surface area contributed by atoms with Crippen molar-refractivity contribution in [1.29, 1.82) is 0 Å². The van der Waals surface area contributed by atoms with E-state index in [0.29, 0.717) is 23.8 Å². The third-order valence-corrected chi connectivity index (χ3v) is 3.60. The zero-order valence-electron chi connectivity index (χ0n) is 15.7. The molecule has 2 rings (SSSR count). The fourth-order valence-corrected chi connectivity index (χ4v) is 2.35. The van der Waals surface area contributed by atoms with E-state index in [-0.39, 0.29) is 42.9 Å². The van der Waals surface area contributed by atoms with Crippen molar-refractivity contribution in [2.24, 2.45) is 10.7 Å². The summed E-state index contributed by atoms with van der Waals surface area (Å²) in [4.78, 5) is 14.9. The number of nitrogens with one attached hydrogen (secondary N) is 2. The first kappa shape index (κ1) is 24.4. The number of para-hydroxylation sites is 1. The first-order valence-electron chi connectivity index (χ1n) is 8.45. The number of benzene rings is 2. The van der Waals surface area contributed by atoms with Gasteiger partial charge in [0.05, 0.1) is 0 Å². The van der Waals surface area contributed by atoms with Crippen molar-refractivity contribution >= 4 is 35.8 Å². The zero-order chi connectivity index (χ0) is 20.4. The first-order chi connectivity index (χ1) is 13.5. The smallest absolute Gasteiger partial charge is 0.387 e. The van der Waals surface area contributed by atoms with Gasteiger partial charge in [-0.2, -0.15) is 8.78 Å².